The van der Waals surface area contributed by atoms with Crippen LogP contribution in [-0.4, -0.2) is 28.2 Å². The van der Waals surface area contributed by atoms with Crippen LogP contribution in [0.5, 0.6) is 0 Å². The van der Waals surface area contributed by atoms with Crippen LogP contribution >= 0.6 is 0 Å². The lowest BCUT2D eigenvalue weighted by Crippen LogP contribution is -2.27. The summed E-state index contributed by atoms with van der Waals surface area (Å²) in [5.41, 5.74) is 3.35. The molecule has 6 heteroatoms. The van der Waals surface area contributed by atoms with Crippen molar-refractivity contribution in [2.45, 2.75) is 39.5 Å². The number of rotatable bonds is 6. The molecule has 1 aliphatic rings. The Balaban J connectivity index is 2.20. The van der Waals surface area contributed by atoms with E-state index in [1.165, 1.54) is 0 Å². The van der Waals surface area contributed by atoms with Crippen molar-refractivity contribution in [1.29, 1.82) is 0 Å². The molecule has 106 valence electrons. The zero-order valence-corrected chi connectivity index (χ0v) is 11.8. The fraction of sp³-hybridized carbons (Fsp3) is 0.692. The van der Waals surface area contributed by atoms with Gasteiger partial charge in [0.1, 0.15) is 17.5 Å². The summed E-state index contributed by atoms with van der Waals surface area (Å²) < 4.78 is 0. The summed E-state index contributed by atoms with van der Waals surface area (Å²) in [4.78, 5) is 9.02. The molecule has 1 aliphatic carbocycles. The van der Waals surface area contributed by atoms with E-state index in [4.69, 9.17) is 5.84 Å². The van der Waals surface area contributed by atoms with Gasteiger partial charge in [0, 0.05) is 30.0 Å². The van der Waals surface area contributed by atoms with Gasteiger partial charge in [0.25, 0.3) is 0 Å². The van der Waals surface area contributed by atoms with Gasteiger partial charge in [-0.25, -0.2) is 15.8 Å². The minimum Gasteiger partial charge on any atom is -0.396 e. The molecule has 0 amide bonds. The molecule has 0 radical (unpaired) electrons. The lowest BCUT2D eigenvalue weighted by molar-refractivity contribution is 0.170. The molecule has 0 atom stereocenters. The predicted octanol–water partition coefficient (Wildman–Crippen LogP) is 1.38. The second-order valence-electron chi connectivity index (χ2n) is 6.00. The summed E-state index contributed by atoms with van der Waals surface area (Å²) in [6, 6.07) is 0. The van der Waals surface area contributed by atoms with Crippen LogP contribution in [0.4, 0.5) is 11.6 Å². The maximum Gasteiger partial charge on any atom is 0.148 e. The molecule has 0 saturated heterocycles. The van der Waals surface area contributed by atoms with Gasteiger partial charge in [-0.3, -0.25) is 0 Å². The van der Waals surface area contributed by atoms with E-state index in [0.717, 1.165) is 30.0 Å². The number of aromatic nitrogens is 2. The molecule has 0 aliphatic heterocycles. The first-order valence-corrected chi connectivity index (χ1v) is 6.67. The Morgan fingerprint density at radius 1 is 1.32 bits per heavy atom. The summed E-state index contributed by atoms with van der Waals surface area (Å²) in [5, 5.41) is 12.6. The lowest BCUT2D eigenvalue weighted by atomic mass is 9.95. The minimum absolute atomic E-state index is 0.127. The number of nitrogen functional groups attached to an aromatic ring is 1. The highest BCUT2D eigenvalue weighted by molar-refractivity contribution is 5.57. The van der Waals surface area contributed by atoms with E-state index in [9.17, 15) is 5.11 Å². The van der Waals surface area contributed by atoms with E-state index in [0.29, 0.717) is 18.3 Å². The fourth-order valence-electron chi connectivity index (χ4n) is 1.75. The Bertz CT molecular complexity index is 457. The van der Waals surface area contributed by atoms with Gasteiger partial charge >= 0.3 is 0 Å². The van der Waals surface area contributed by atoms with E-state index in [2.05, 4.69) is 20.7 Å². The largest absolute Gasteiger partial charge is 0.396 e. The smallest absolute Gasteiger partial charge is 0.148 e. The first-order chi connectivity index (χ1) is 8.96. The SMILES string of the molecule is Cc1c(NN)nc(C2CC2)nc1NCC(C)(C)CO. The van der Waals surface area contributed by atoms with Gasteiger partial charge in [-0.2, -0.15) is 0 Å². The van der Waals surface area contributed by atoms with Crippen LogP contribution in [0.1, 0.15) is 44.0 Å². The molecule has 19 heavy (non-hydrogen) atoms. The van der Waals surface area contributed by atoms with E-state index in [-0.39, 0.29) is 12.0 Å². The van der Waals surface area contributed by atoms with E-state index < -0.39 is 0 Å². The molecule has 0 spiro atoms. The Kier molecular flexibility index (Phi) is 3.91. The number of anilines is 2. The Labute approximate surface area is 113 Å². The van der Waals surface area contributed by atoms with Crippen molar-refractivity contribution >= 4 is 11.6 Å². The van der Waals surface area contributed by atoms with E-state index in [1.807, 2.05) is 20.8 Å². The molecule has 1 fully saturated rings. The molecule has 0 aromatic carbocycles. The van der Waals surface area contributed by atoms with Gasteiger partial charge in [0.05, 0.1) is 0 Å². The number of aliphatic hydroxyl groups excluding tert-OH is 1. The molecular formula is C13H23N5O. The quantitative estimate of drug-likeness (QED) is 0.458. The van der Waals surface area contributed by atoms with Crippen LogP contribution < -0.4 is 16.6 Å². The molecule has 1 heterocycles. The highest BCUT2D eigenvalue weighted by Crippen LogP contribution is 2.39. The summed E-state index contributed by atoms with van der Waals surface area (Å²) >= 11 is 0. The molecule has 1 saturated carbocycles. The average molecular weight is 265 g/mol. The van der Waals surface area contributed by atoms with Crippen molar-refractivity contribution < 1.29 is 5.11 Å². The van der Waals surface area contributed by atoms with Gasteiger partial charge in [0.15, 0.2) is 0 Å². The van der Waals surface area contributed by atoms with Gasteiger partial charge in [-0.1, -0.05) is 13.8 Å². The average Bonchev–Trinajstić information content (AvgIpc) is 3.22. The maximum absolute atomic E-state index is 9.29. The van der Waals surface area contributed by atoms with Crippen molar-refractivity contribution in [1.82, 2.24) is 9.97 Å². The molecule has 2 rings (SSSR count). The second kappa shape index (κ2) is 5.30. The van der Waals surface area contributed by atoms with E-state index >= 15 is 0 Å². The third kappa shape index (κ3) is 3.33. The topological polar surface area (TPSA) is 96.1 Å². The van der Waals surface area contributed by atoms with Crippen molar-refractivity contribution in [3.8, 4) is 0 Å². The van der Waals surface area contributed by atoms with Crippen molar-refractivity contribution in [2.24, 2.45) is 11.3 Å². The van der Waals surface area contributed by atoms with Crippen LogP contribution in [0.2, 0.25) is 0 Å². The zero-order chi connectivity index (χ0) is 14.0. The molecule has 0 bridgehead atoms. The molecule has 5 N–H and O–H groups in total. The summed E-state index contributed by atoms with van der Waals surface area (Å²) in [5.74, 6) is 8.30. The molecule has 1 aromatic heterocycles. The molecular weight excluding hydrogens is 242 g/mol. The Morgan fingerprint density at radius 3 is 2.47 bits per heavy atom. The highest BCUT2D eigenvalue weighted by Gasteiger charge is 2.28. The number of hydrogen-bond acceptors (Lipinski definition) is 6. The van der Waals surface area contributed by atoms with Crippen LogP contribution in [0.25, 0.3) is 0 Å². The monoisotopic (exact) mass is 265 g/mol. The van der Waals surface area contributed by atoms with Gasteiger partial charge < -0.3 is 15.8 Å². The van der Waals surface area contributed by atoms with Crippen molar-refractivity contribution in [2.75, 3.05) is 23.9 Å². The summed E-state index contributed by atoms with van der Waals surface area (Å²) in [7, 11) is 0. The normalized spacial score (nSPS) is 15.4. The standard InChI is InChI=1S/C13H23N5O/c1-8-10(15-6-13(2,3)7-19)16-12(9-4-5-9)17-11(8)18-14/h9,19H,4-7,14H2,1-3H3,(H2,15,16,17,18). The second-order valence-corrected chi connectivity index (χ2v) is 6.00. The predicted molar refractivity (Wildman–Crippen MR) is 75.9 cm³/mol. The Hall–Kier alpha value is -1.40. The van der Waals surface area contributed by atoms with Crippen molar-refractivity contribution in [3.63, 3.8) is 0 Å². The number of aliphatic hydroxyl groups is 1. The van der Waals surface area contributed by atoms with Gasteiger partial charge in [0.2, 0.25) is 0 Å². The van der Waals surface area contributed by atoms with Crippen LogP contribution in [0, 0.1) is 12.3 Å². The number of nitrogens with zero attached hydrogens (tertiary/aromatic N) is 2. The van der Waals surface area contributed by atoms with E-state index in [1.54, 1.807) is 0 Å². The van der Waals surface area contributed by atoms with Crippen LogP contribution in [-0.2, 0) is 0 Å². The lowest BCUT2D eigenvalue weighted by Gasteiger charge is -2.23. The number of nitrogens with two attached hydrogens (primary N) is 1. The molecule has 0 unspecified atom stereocenters. The number of nitrogens with one attached hydrogen (secondary N) is 2. The van der Waals surface area contributed by atoms with Gasteiger partial charge in [-0.15, -0.1) is 0 Å². The third-order valence-corrected chi connectivity index (χ3v) is 3.40. The number of hydrazine groups is 1. The third-order valence-electron chi connectivity index (χ3n) is 3.40. The first kappa shape index (κ1) is 14.0. The maximum atomic E-state index is 9.29. The summed E-state index contributed by atoms with van der Waals surface area (Å²) in [6.07, 6.45) is 2.29. The molecule has 1 aromatic rings. The fourth-order valence-corrected chi connectivity index (χ4v) is 1.75. The van der Waals surface area contributed by atoms with Crippen LogP contribution in [0.15, 0.2) is 0 Å². The zero-order valence-electron chi connectivity index (χ0n) is 11.8. The highest BCUT2D eigenvalue weighted by atomic mass is 16.3. The van der Waals surface area contributed by atoms with Crippen LogP contribution in [0.3, 0.4) is 0 Å². The van der Waals surface area contributed by atoms with Crippen molar-refractivity contribution in [3.05, 3.63) is 11.4 Å². The Morgan fingerprint density at radius 2 is 1.95 bits per heavy atom. The molecule has 6 nitrogen and oxygen atoms in total. The number of hydrogen-bond donors (Lipinski definition) is 4. The minimum atomic E-state index is -0.187. The van der Waals surface area contributed by atoms with Gasteiger partial charge in [-0.05, 0) is 19.8 Å². The first-order valence-electron chi connectivity index (χ1n) is 6.67. The summed E-state index contributed by atoms with van der Waals surface area (Å²) in [6.45, 7) is 6.71.